The van der Waals surface area contributed by atoms with E-state index in [1.165, 1.54) is 19.3 Å². The maximum atomic E-state index is 5.37. The van der Waals surface area contributed by atoms with Gasteiger partial charge in [-0.25, -0.2) is 0 Å². The lowest BCUT2D eigenvalue weighted by atomic mass is 10.0. The first-order chi connectivity index (χ1) is 7.59. The molecule has 1 rings (SSSR count). The molecule has 96 valence electrons. The first-order valence-corrected chi connectivity index (χ1v) is 6.57. The molecule has 0 amide bonds. The largest absolute Gasteiger partial charge is 0.381 e. The fraction of sp³-hybridized carbons (Fsp3) is 1.00. The lowest BCUT2D eigenvalue weighted by molar-refractivity contribution is 0.0756. The zero-order valence-electron chi connectivity index (χ0n) is 11.3. The molecule has 3 nitrogen and oxygen atoms in total. The lowest BCUT2D eigenvalue weighted by Crippen LogP contribution is -2.44. The van der Waals surface area contributed by atoms with Crippen LogP contribution in [0.2, 0.25) is 0 Å². The molecule has 16 heavy (non-hydrogen) atoms. The van der Waals surface area contributed by atoms with Gasteiger partial charge in [0, 0.05) is 31.8 Å². The summed E-state index contributed by atoms with van der Waals surface area (Å²) in [5, 5.41) is 3.69. The predicted molar refractivity (Wildman–Crippen MR) is 68.8 cm³/mol. The van der Waals surface area contributed by atoms with E-state index >= 15 is 0 Å². The third kappa shape index (κ3) is 5.28. The van der Waals surface area contributed by atoms with Crippen LogP contribution in [0.5, 0.6) is 0 Å². The highest BCUT2D eigenvalue weighted by molar-refractivity contribution is 4.76. The van der Waals surface area contributed by atoms with Crippen molar-refractivity contribution in [3.63, 3.8) is 0 Å². The van der Waals surface area contributed by atoms with Crippen LogP contribution in [0.25, 0.3) is 0 Å². The Kier molecular flexibility index (Phi) is 6.32. The van der Waals surface area contributed by atoms with Crippen molar-refractivity contribution in [3.8, 4) is 0 Å². The highest BCUT2D eigenvalue weighted by Crippen LogP contribution is 2.10. The summed E-state index contributed by atoms with van der Waals surface area (Å²) in [6.45, 7) is 7.55. The van der Waals surface area contributed by atoms with E-state index in [9.17, 15) is 0 Å². The number of nitrogens with one attached hydrogen (secondary N) is 1. The number of likely N-dealkylation sites (N-methyl/N-ethyl adjacent to an activating group) is 1. The fourth-order valence-electron chi connectivity index (χ4n) is 2.23. The molecule has 0 aliphatic carbocycles. The van der Waals surface area contributed by atoms with Gasteiger partial charge in [0.1, 0.15) is 0 Å². The van der Waals surface area contributed by atoms with Gasteiger partial charge in [0.25, 0.3) is 0 Å². The van der Waals surface area contributed by atoms with E-state index in [0.717, 1.165) is 25.7 Å². The minimum absolute atomic E-state index is 0.655. The highest BCUT2D eigenvalue weighted by Gasteiger charge is 2.17. The summed E-state index contributed by atoms with van der Waals surface area (Å²) in [5.74, 6) is 0.767. The molecule has 1 unspecified atom stereocenters. The van der Waals surface area contributed by atoms with Gasteiger partial charge in [-0.3, -0.25) is 0 Å². The molecule has 0 spiro atoms. The zero-order chi connectivity index (χ0) is 12.0. The van der Waals surface area contributed by atoms with Gasteiger partial charge in [-0.1, -0.05) is 13.8 Å². The minimum atomic E-state index is 0.655. The van der Waals surface area contributed by atoms with Gasteiger partial charge in [0.05, 0.1) is 0 Å². The van der Waals surface area contributed by atoms with Crippen molar-refractivity contribution >= 4 is 0 Å². The van der Waals surface area contributed by atoms with E-state index in [2.05, 4.69) is 38.2 Å². The van der Waals surface area contributed by atoms with Crippen LogP contribution in [0.3, 0.4) is 0 Å². The third-order valence-corrected chi connectivity index (χ3v) is 3.34. The average Bonchev–Trinajstić information content (AvgIpc) is 2.25. The van der Waals surface area contributed by atoms with Gasteiger partial charge < -0.3 is 15.0 Å². The first-order valence-electron chi connectivity index (χ1n) is 6.57. The Bertz CT molecular complexity index is 177. The van der Waals surface area contributed by atoms with Gasteiger partial charge >= 0.3 is 0 Å². The topological polar surface area (TPSA) is 24.5 Å². The zero-order valence-corrected chi connectivity index (χ0v) is 11.3. The number of rotatable bonds is 6. The minimum Gasteiger partial charge on any atom is -0.381 e. The highest BCUT2D eigenvalue weighted by atomic mass is 16.5. The molecule has 0 bridgehead atoms. The molecule has 1 atom stereocenters. The van der Waals surface area contributed by atoms with Crippen molar-refractivity contribution in [2.24, 2.45) is 5.92 Å². The van der Waals surface area contributed by atoms with E-state index in [1.807, 2.05) is 0 Å². The van der Waals surface area contributed by atoms with Crippen LogP contribution in [0.4, 0.5) is 0 Å². The van der Waals surface area contributed by atoms with Gasteiger partial charge in [0.2, 0.25) is 0 Å². The molecule has 1 fully saturated rings. The summed E-state index contributed by atoms with van der Waals surface area (Å²) in [4.78, 5) is 2.34. The first kappa shape index (κ1) is 13.9. The Morgan fingerprint density at radius 1 is 1.25 bits per heavy atom. The number of nitrogens with zero attached hydrogens (tertiary/aromatic N) is 1. The van der Waals surface area contributed by atoms with Crippen LogP contribution in [0.1, 0.15) is 33.1 Å². The van der Waals surface area contributed by atoms with Crippen LogP contribution < -0.4 is 5.32 Å². The molecule has 0 aromatic rings. The molecule has 1 aliphatic heterocycles. The normalized spacial score (nSPS) is 20.6. The fourth-order valence-corrected chi connectivity index (χ4v) is 2.23. The van der Waals surface area contributed by atoms with Gasteiger partial charge in [-0.05, 0) is 39.3 Å². The molecule has 1 N–H and O–H groups in total. The molecular weight excluding hydrogens is 200 g/mol. The second kappa shape index (κ2) is 7.25. The van der Waals surface area contributed by atoms with E-state index < -0.39 is 0 Å². The summed E-state index contributed by atoms with van der Waals surface area (Å²) < 4.78 is 5.37. The number of ether oxygens (including phenoxy) is 1. The Labute approximate surface area is 101 Å². The summed E-state index contributed by atoms with van der Waals surface area (Å²) in [6.07, 6.45) is 3.60. The van der Waals surface area contributed by atoms with Crippen LogP contribution in [-0.4, -0.2) is 50.8 Å². The van der Waals surface area contributed by atoms with E-state index in [-0.39, 0.29) is 0 Å². The van der Waals surface area contributed by atoms with Crippen LogP contribution in [0.15, 0.2) is 0 Å². The second-order valence-corrected chi connectivity index (χ2v) is 5.54. The Morgan fingerprint density at radius 3 is 2.38 bits per heavy atom. The SMILES string of the molecule is CC(C)CC(CNC1CCOCC1)N(C)C. The predicted octanol–water partition coefficient (Wildman–Crippen LogP) is 1.73. The average molecular weight is 228 g/mol. The molecule has 0 radical (unpaired) electrons. The van der Waals surface area contributed by atoms with E-state index in [4.69, 9.17) is 4.74 Å². The van der Waals surface area contributed by atoms with E-state index in [1.54, 1.807) is 0 Å². The maximum Gasteiger partial charge on any atom is 0.0480 e. The van der Waals surface area contributed by atoms with Gasteiger partial charge in [-0.15, -0.1) is 0 Å². The number of hydrogen-bond acceptors (Lipinski definition) is 3. The summed E-state index contributed by atoms with van der Waals surface area (Å²) in [5.41, 5.74) is 0. The molecule has 0 aromatic heterocycles. The van der Waals surface area contributed by atoms with Crippen LogP contribution in [0, 0.1) is 5.92 Å². The van der Waals surface area contributed by atoms with Crippen molar-refractivity contribution in [3.05, 3.63) is 0 Å². The molecule has 3 heteroatoms. The van der Waals surface area contributed by atoms with Crippen molar-refractivity contribution in [2.45, 2.75) is 45.2 Å². The summed E-state index contributed by atoms with van der Waals surface area (Å²) in [6, 6.07) is 1.33. The molecule has 1 aliphatic rings. The monoisotopic (exact) mass is 228 g/mol. The molecule has 0 saturated carbocycles. The molecule has 0 aromatic carbocycles. The quantitative estimate of drug-likeness (QED) is 0.749. The lowest BCUT2D eigenvalue weighted by Gasteiger charge is -2.30. The molecule has 1 heterocycles. The Balaban J connectivity index is 2.25. The van der Waals surface area contributed by atoms with Crippen LogP contribution in [-0.2, 0) is 4.74 Å². The van der Waals surface area contributed by atoms with Crippen molar-refractivity contribution < 1.29 is 4.74 Å². The number of hydrogen-bond donors (Lipinski definition) is 1. The van der Waals surface area contributed by atoms with Crippen molar-refractivity contribution in [2.75, 3.05) is 33.9 Å². The Hall–Kier alpha value is -0.120. The third-order valence-electron chi connectivity index (χ3n) is 3.34. The summed E-state index contributed by atoms with van der Waals surface area (Å²) >= 11 is 0. The van der Waals surface area contributed by atoms with Crippen LogP contribution >= 0.6 is 0 Å². The molecule has 1 saturated heterocycles. The maximum absolute atomic E-state index is 5.37. The van der Waals surface area contributed by atoms with Gasteiger partial charge in [-0.2, -0.15) is 0 Å². The molecular formula is C13H28N2O. The standard InChI is InChI=1S/C13H28N2O/c1-11(2)9-13(15(3)4)10-14-12-5-7-16-8-6-12/h11-14H,5-10H2,1-4H3. The van der Waals surface area contributed by atoms with E-state index in [0.29, 0.717) is 12.1 Å². The smallest absolute Gasteiger partial charge is 0.0480 e. The second-order valence-electron chi connectivity index (χ2n) is 5.54. The Morgan fingerprint density at radius 2 is 1.88 bits per heavy atom. The van der Waals surface area contributed by atoms with Crippen molar-refractivity contribution in [1.29, 1.82) is 0 Å². The van der Waals surface area contributed by atoms with Gasteiger partial charge in [0.15, 0.2) is 0 Å². The summed E-state index contributed by atoms with van der Waals surface area (Å²) in [7, 11) is 4.36. The van der Waals surface area contributed by atoms with Crippen molar-refractivity contribution in [1.82, 2.24) is 10.2 Å².